The molecule has 112 valence electrons. The number of aromatic hydroxyl groups is 1. The highest BCUT2D eigenvalue weighted by Crippen LogP contribution is 2.32. The van der Waals surface area contributed by atoms with Crippen LogP contribution < -0.4 is 0 Å². The summed E-state index contributed by atoms with van der Waals surface area (Å²) in [4.78, 5) is 0. The lowest BCUT2D eigenvalue weighted by molar-refractivity contribution is 0.475. The van der Waals surface area contributed by atoms with Gasteiger partial charge in [0.05, 0.1) is 11.2 Å². The molecule has 0 aliphatic rings. The number of hydrogen-bond acceptors (Lipinski definition) is 2. The van der Waals surface area contributed by atoms with Crippen LogP contribution in [-0.2, 0) is 0 Å². The standard InChI is InChI=1S/C20H16N2O/c1-13-11-16(23)8-9-17(13)15-7-10-19-18(12-15)20(22-21-19)14-5-3-2-4-6-14/h2-12,23H,1H3,(H,21,22). The predicted octanol–water partition coefficient (Wildman–Crippen LogP) is 4.91. The monoisotopic (exact) mass is 300 g/mol. The Balaban J connectivity index is 1.90. The van der Waals surface area contributed by atoms with Gasteiger partial charge in [-0.15, -0.1) is 0 Å². The Morgan fingerprint density at radius 3 is 2.48 bits per heavy atom. The molecule has 0 radical (unpaired) electrons. The summed E-state index contributed by atoms with van der Waals surface area (Å²) in [5, 5.41) is 18.3. The first-order valence-corrected chi connectivity index (χ1v) is 7.56. The van der Waals surface area contributed by atoms with Gasteiger partial charge in [0.1, 0.15) is 5.75 Å². The fraction of sp³-hybridized carbons (Fsp3) is 0.0500. The minimum absolute atomic E-state index is 0.292. The lowest BCUT2D eigenvalue weighted by atomic mass is 9.98. The summed E-state index contributed by atoms with van der Waals surface area (Å²) in [7, 11) is 0. The molecule has 0 aliphatic carbocycles. The van der Waals surface area contributed by atoms with Crippen LogP contribution in [0.1, 0.15) is 5.56 Å². The van der Waals surface area contributed by atoms with Gasteiger partial charge in [-0.2, -0.15) is 5.10 Å². The summed E-state index contributed by atoms with van der Waals surface area (Å²) >= 11 is 0. The van der Waals surface area contributed by atoms with Gasteiger partial charge in [0.25, 0.3) is 0 Å². The molecule has 1 aromatic heterocycles. The number of phenols is 1. The quantitative estimate of drug-likeness (QED) is 0.552. The van der Waals surface area contributed by atoms with Crippen molar-refractivity contribution >= 4 is 10.9 Å². The molecule has 3 nitrogen and oxygen atoms in total. The molecule has 0 saturated heterocycles. The number of aromatic amines is 1. The maximum Gasteiger partial charge on any atom is 0.115 e. The summed E-state index contributed by atoms with van der Waals surface area (Å²) in [6.45, 7) is 2.01. The van der Waals surface area contributed by atoms with Crippen molar-refractivity contribution in [3.05, 3.63) is 72.3 Å². The van der Waals surface area contributed by atoms with Gasteiger partial charge in [0.2, 0.25) is 0 Å². The van der Waals surface area contributed by atoms with Crippen LogP contribution in [0.5, 0.6) is 5.75 Å². The van der Waals surface area contributed by atoms with Gasteiger partial charge >= 0.3 is 0 Å². The van der Waals surface area contributed by atoms with Crippen molar-refractivity contribution in [1.29, 1.82) is 0 Å². The van der Waals surface area contributed by atoms with Gasteiger partial charge < -0.3 is 5.11 Å². The van der Waals surface area contributed by atoms with E-state index in [1.807, 2.05) is 31.2 Å². The van der Waals surface area contributed by atoms with Gasteiger partial charge in [0, 0.05) is 10.9 Å². The highest BCUT2D eigenvalue weighted by atomic mass is 16.3. The van der Waals surface area contributed by atoms with Crippen molar-refractivity contribution in [3.63, 3.8) is 0 Å². The number of rotatable bonds is 2. The zero-order valence-electron chi connectivity index (χ0n) is 12.7. The first-order valence-electron chi connectivity index (χ1n) is 7.56. The van der Waals surface area contributed by atoms with Crippen LogP contribution in [0.4, 0.5) is 0 Å². The molecule has 2 N–H and O–H groups in total. The summed E-state index contributed by atoms with van der Waals surface area (Å²) in [5.74, 6) is 0.292. The van der Waals surface area contributed by atoms with Gasteiger partial charge in [-0.1, -0.05) is 42.5 Å². The molecular weight excluding hydrogens is 284 g/mol. The Hall–Kier alpha value is -3.07. The molecule has 0 bridgehead atoms. The molecule has 3 aromatic carbocycles. The summed E-state index contributed by atoms with van der Waals surface area (Å²) in [6, 6.07) is 21.9. The first-order chi connectivity index (χ1) is 11.2. The number of nitrogens with one attached hydrogen (secondary N) is 1. The second-order valence-electron chi connectivity index (χ2n) is 5.70. The maximum atomic E-state index is 9.60. The van der Waals surface area contributed by atoms with E-state index in [4.69, 9.17) is 0 Å². The molecule has 4 rings (SSSR count). The highest BCUT2D eigenvalue weighted by molar-refractivity contribution is 5.95. The lowest BCUT2D eigenvalue weighted by Crippen LogP contribution is -1.84. The highest BCUT2D eigenvalue weighted by Gasteiger charge is 2.10. The van der Waals surface area contributed by atoms with Crippen LogP contribution in [0, 0.1) is 6.92 Å². The van der Waals surface area contributed by atoms with E-state index in [-0.39, 0.29) is 0 Å². The Labute approximate surface area is 134 Å². The number of H-pyrrole nitrogens is 1. The number of aromatic nitrogens is 2. The number of benzene rings is 3. The van der Waals surface area contributed by atoms with E-state index in [9.17, 15) is 5.11 Å². The van der Waals surface area contributed by atoms with Crippen LogP contribution in [0.25, 0.3) is 33.3 Å². The summed E-state index contributed by atoms with van der Waals surface area (Å²) in [6.07, 6.45) is 0. The van der Waals surface area contributed by atoms with Crippen molar-refractivity contribution in [1.82, 2.24) is 10.2 Å². The van der Waals surface area contributed by atoms with Crippen molar-refractivity contribution < 1.29 is 5.11 Å². The van der Waals surface area contributed by atoms with Crippen molar-refractivity contribution in [3.8, 4) is 28.1 Å². The van der Waals surface area contributed by atoms with Gasteiger partial charge in [-0.3, -0.25) is 5.10 Å². The number of nitrogens with zero attached hydrogens (tertiary/aromatic N) is 1. The third-order valence-electron chi connectivity index (χ3n) is 4.13. The average molecular weight is 300 g/mol. The summed E-state index contributed by atoms with van der Waals surface area (Å²) < 4.78 is 0. The van der Waals surface area contributed by atoms with Crippen LogP contribution in [0.15, 0.2) is 66.7 Å². The molecular formula is C20H16N2O. The predicted molar refractivity (Wildman–Crippen MR) is 93.4 cm³/mol. The van der Waals surface area contributed by atoms with E-state index in [0.717, 1.165) is 38.9 Å². The molecule has 3 heteroatoms. The molecule has 23 heavy (non-hydrogen) atoms. The van der Waals surface area contributed by atoms with E-state index in [2.05, 4.69) is 40.5 Å². The molecule has 1 heterocycles. The fourth-order valence-corrected chi connectivity index (χ4v) is 2.97. The van der Waals surface area contributed by atoms with Crippen LogP contribution >= 0.6 is 0 Å². The van der Waals surface area contributed by atoms with Gasteiger partial charge in [-0.25, -0.2) is 0 Å². The third-order valence-corrected chi connectivity index (χ3v) is 4.13. The normalized spacial score (nSPS) is 11.0. The zero-order valence-corrected chi connectivity index (χ0v) is 12.7. The van der Waals surface area contributed by atoms with Crippen LogP contribution in [0.2, 0.25) is 0 Å². The zero-order chi connectivity index (χ0) is 15.8. The number of fused-ring (bicyclic) bond motifs is 1. The molecule has 0 fully saturated rings. The third kappa shape index (κ3) is 2.36. The van der Waals surface area contributed by atoms with E-state index in [1.54, 1.807) is 12.1 Å². The minimum atomic E-state index is 0.292. The molecule has 0 saturated carbocycles. The van der Waals surface area contributed by atoms with E-state index in [1.165, 1.54) is 0 Å². The van der Waals surface area contributed by atoms with E-state index < -0.39 is 0 Å². The Morgan fingerprint density at radius 2 is 1.70 bits per heavy atom. The molecule has 0 atom stereocenters. The Bertz CT molecular complexity index is 987. The van der Waals surface area contributed by atoms with Crippen LogP contribution in [-0.4, -0.2) is 15.3 Å². The fourth-order valence-electron chi connectivity index (χ4n) is 2.97. The molecule has 4 aromatic rings. The molecule has 0 amide bonds. The average Bonchev–Trinajstić information content (AvgIpc) is 2.99. The van der Waals surface area contributed by atoms with E-state index in [0.29, 0.717) is 5.75 Å². The van der Waals surface area contributed by atoms with Gasteiger partial charge in [0.15, 0.2) is 0 Å². The molecule has 0 aliphatic heterocycles. The maximum absolute atomic E-state index is 9.60. The Kier molecular flexibility index (Phi) is 3.12. The second kappa shape index (κ2) is 5.29. The molecule has 0 unspecified atom stereocenters. The minimum Gasteiger partial charge on any atom is -0.508 e. The largest absolute Gasteiger partial charge is 0.508 e. The number of hydrogen-bond donors (Lipinski definition) is 2. The van der Waals surface area contributed by atoms with Gasteiger partial charge in [-0.05, 0) is 47.9 Å². The SMILES string of the molecule is Cc1cc(O)ccc1-c1ccc2[nH]nc(-c3ccccc3)c2c1. The van der Waals surface area contributed by atoms with Crippen molar-refractivity contribution in [2.24, 2.45) is 0 Å². The lowest BCUT2D eigenvalue weighted by Gasteiger charge is -2.07. The first kappa shape index (κ1) is 13.6. The number of phenolic OH excluding ortho intramolecular Hbond substituents is 1. The second-order valence-corrected chi connectivity index (χ2v) is 5.70. The smallest absolute Gasteiger partial charge is 0.115 e. The summed E-state index contributed by atoms with van der Waals surface area (Å²) in [5.41, 5.74) is 6.36. The van der Waals surface area contributed by atoms with Crippen LogP contribution in [0.3, 0.4) is 0 Å². The van der Waals surface area contributed by atoms with E-state index >= 15 is 0 Å². The van der Waals surface area contributed by atoms with Crippen molar-refractivity contribution in [2.45, 2.75) is 6.92 Å². The Morgan fingerprint density at radius 1 is 0.870 bits per heavy atom. The van der Waals surface area contributed by atoms with Crippen molar-refractivity contribution in [2.75, 3.05) is 0 Å². The topological polar surface area (TPSA) is 48.9 Å². The number of aryl methyl sites for hydroxylation is 1. The molecule has 0 spiro atoms.